The van der Waals surface area contributed by atoms with Crippen LogP contribution in [0.4, 0.5) is 17.1 Å². The molecule has 0 bridgehead atoms. The van der Waals surface area contributed by atoms with Gasteiger partial charge in [0.15, 0.2) is 5.58 Å². The Hall–Kier alpha value is -8.40. The summed E-state index contributed by atoms with van der Waals surface area (Å²) in [4.78, 5) is 2.37. The van der Waals surface area contributed by atoms with Gasteiger partial charge >= 0.3 is 0 Å². The zero-order valence-corrected chi connectivity index (χ0v) is 34.4. The van der Waals surface area contributed by atoms with Crippen molar-refractivity contribution in [3.05, 3.63) is 243 Å². The van der Waals surface area contributed by atoms with Gasteiger partial charge in [-0.2, -0.15) is 0 Å². The fraction of sp³-hybridized carbons (Fsp3) is 0. The van der Waals surface area contributed by atoms with Gasteiger partial charge in [0, 0.05) is 38.5 Å². The van der Waals surface area contributed by atoms with Gasteiger partial charge in [-0.05, 0) is 93.5 Å². The number of benzene rings is 10. The van der Waals surface area contributed by atoms with Crippen molar-refractivity contribution in [2.75, 3.05) is 4.90 Å². The normalized spacial score (nSPS) is 11.5. The molecule has 0 aliphatic rings. The minimum Gasteiger partial charge on any atom is -0.454 e. The second-order valence-corrected chi connectivity index (χ2v) is 16.0. The molecule has 0 N–H and O–H groups in total. The summed E-state index contributed by atoms with van der Waals surface area (Å²) < 4.78 is 9.12. The first kappa shape index (κ1) is 36.5. The van der Waals surface area contributed by atoms with E-state index in [4.69, 9.17) is 4.42 Å². The Morgan fingerprint density at radius 2 is 0.778 bits per heavy atom. The average Bonchev–Trinajstić information content (AvgIpc) is 3.91. The lowest BCUT2D eigenvalue weighted by atomic mass is 9.88. The highest BCUT2D eigenvalue weighted by Crippen LogP contribution is 2.48. The summed E-state index contributed by atoms with van der Waals surface area (Å²) in [5, 5.41) is 4.71. The molecule has 63 heavy (non-hydrogen) atoms. The van der Waals surface area contributed by atoms with Gasteiger partial charge in [-0.25, -0.2) is 0 Å². The van der Waals surface area contributed by atoms with Crippen molar-refractivity contribution in [2.45, 2.75) is 0 Å². The molecule has 0 saturated carbocycles. The van der Waals surface area contributed by atoms with Crippen LogP contribution in [-0.2, 0) is 0 Å². The Bertz CT molecular complexity index is 3560. The lowest BCUT2D eigenvalue weighted by Gasteiger charge is -2.28. The van der Waals surface area contributed by atoms with E-state index in [1.807, 2.05) is 6.07 Å². The molecule has 2 heterocycles. The zero-order chi connectivity index (χ0) is 41.7. The first-order chi connectivity index (χ1) is 31.3. The average molecular weight is 805 g/mol. The van der Waals surface area contributed by atoms with Crippen LogP contribution in [0.5, 0.6) is 0 Å². The molecule has 0 fully saturated rings. The Labute approximate surface area is 366 Å². The van der Waals surface area contributed by atoms with E-state index in [9.17, 15) is 0 Å². The van der Waals surface area contributed by atoms with Gasteiger partial charge in [0.05, 0.1) is 22.4 Å². The molecule has 0 radical (unpaired) electrons. The van der Waals surface area contributed by atoms with E-state index >= 15 is 0 Å². The number of hydrogen-bond donors (Lipinski definition) is 0. The molecule has 0 aliphatic carbocycles. The van der Waals surface area contributed by atoms with Crippen molar-refractivity contribution >= 4 is 60.8 Å². The van der Waals surface area contributed by atoms with Gasteiger partial charge in [-0.15, -0.1) is 0 Å². The molecule has 0 unspecified atom stereocenters. The van der Waals surface area contributed by atoms with Crippen molar-refractivity contribution in [3.63, 3.8) is 0 Å². The summed E-state index contributed by atoms with van der Waals surface area (Å²) in [6.45, 7) is 0. The summed E-state index contributed by atoms with van der Waals surface area (Å²) >= 11 is 0. The molecule has 2 aromatic heterocycles. The third-order valence-electron chi connectivity index (χ3n) is 12.5. The number of para-hydroxylation sites is 5. The largest absolute Gasteiger partial charge is 0.454 e. The van der Waals surface area contributed by atoms with E-state index in [0.717, 1.165) is 66.9 Å². The highest BCUT2D eigenvalue weighted by molar-refractivity contribution is 6.11. The monoisotopic (exact) mass is 804 g/mol. The van der Waals surface area contributed by atoms with Crippen LogP contribution >= 0.6 is 0 Å². The van der Waals surface area contributed by atoms with E-state index in [2.05, 4.69) is 246 Å². The second kappa shape index (κ2) is 15.3. The summed E-state index contributed by atoms with van der Waals surface area (Å²) in [6, 6.07) is 87.0. The molecular weight excluding hydrogens is 765 g/mol. The molecule has 0 saturated heterocycles. The van der Waals surface area contributed by atoms with Crippen molar-refractivity contribution in [1.82, 2.24) is 4.57 Å². The first-order valence-electron chi connectivity index (χ1n) is 21.5. The summed E-state index contributed by atoms with van der Waals surface area (Å²) in [6.07, 6.45) is 0. The predicted octanol–water partition coefficient (Wildman–Crippen LogP) is 16.8. The quantitative estimate of drug-likeness (QED) is 0.153. The minimum atomic E-state index is 0.848. The Morgan fingerprint density at radius 3 is 1.46 bits per heavy atom. The smallest absolute Gasteiger partial charge is 0.159 e. The third-order valence-corrected chi connectivity index (χ3v) is 12.5. The van der Waals surface area contributed by atoms with Gasteiger partial charge in [0.2, 0.25) is 0 Å². The molecule has 10 aromatic carbocycles. The summed E-state index contributed by atoms with van der Waals surface area (Å²) in [5.41, 5.74) is 17.7. The number of furan rings is 1. The van der Waals surface area contributed by atoms with E-state index in [0.29, 0.717) is 0 Å². The van der Waals surface area contributed by atoms with Gasteiger partial charge in [0.1, 0.15) is 5.58 Å². The van der Waals surface area contributed by atoms with Crippen LogP contribution in [0.2, 0.25) is 0 Å². The van der Waals surface area contributed by atoms with Gasteiger partial charge in [-0.3, -0.25) is 0 Å². The summed E-state index contributed by atoms with van der Waals surface area (Å²) in [7, 11) is 0. The maximum absolute atomic E-state index is 6.76. The Morgan fingerprint density at radius 1 is 0.302 bits per heavy atom. The fourth-order valence-corrected chi connectivity index (χ4v) is 9.56. The molecule has 3 nitrogen and oxygen atoms in total. The Kier molecular flexibility index (Phi) is 8.83. The number of fused-ring (bicyclic) bond motifs is 6. The van der Waals surface area contributed by atoms with E-state index in [-0.39, 0.29) is 0 Å². The second-order valence-electron chi connectivity index (χ2n) is 16.0. The van der Waals surface area contributed by atoms with Crippen molar-refractivity contribution < 1.29 is 4.42 Å². The molecule has 0 amide bonds. The van der Waals surface area contributed by atoms with Gasteiger partial charge in [0.25, 0.3) is 0 Å². The van der Waals surface area contributed by atoms with Crippen LogP contribution in [0.25, 0.3) is 93.9 Å². The number of nitrogens with zero attached hydrogens (tertiary/aromatic N) is 2. The number of hydrogen-bond acceptors (Lipinski definition) is 2. The number of rotatable bonds is 8. The molecule has 0 aliphatic heterocycles. The van der Waals surface area contributed by atoms with E-state index < -0.39 is 0 Å². The SMILES string of the molecule is c1ccc(-c2ccccc2-c2ccccc2-c2ccccc2N(c2ccc(-c3ccc(-n4c5ccccc5c5ccccc54)cc3)cc2)c2cccc3c2oc2ccccc23)cc1. The number of aromatic nitrogens is 1. The maximum Gasteiger partial charge on any atom is 0.159 e. The lowest BCUT2D eigenvalue weighted by Crippen LogP contribution is -2.11. The highest BCUT2D eigenvalue weighted by Gasteiger charge is 2.23. The predicted molar refractivity (Wildman–Crippen MR) is 264 cm³/mol. The molecule has 12 rings (SSSR count). The Balaban J connectivity index is 0.995. The minimum absolute atomic E-state index is 0.848. The van der Waals surface area contributed by atoms with E-state index in [1.165, 1.54) is 44.1 Å². The van der Waals surface area contributed by atoms with Crippen LogP contribution in [0.1, 0.15) is 0 Å². The van der Waals surface area contributed by atoms with Crippen LogP contribution < -0.4 is 4.90 Å². The van der Waals surface area contributed by atoms with Crippen LogP contribution in [-0.4, -0.2) is 4.57 Å². The van der Waals surface area contributed by atoms with Crippen LogP contribution in [0.15, 0.2) is 247 Å². The molecule has 0 spiro atoms. The topological polar surface area (TPSA) is 21.3 Å². The van der Waals surface area contributed by atoms with Crippen molar-refractivity contribution in [1.29, 1.82) is 0 Å². The molecule has 296 valence electrons. The van der Waals surface area contributed by atoms with Crippen LogP contribution in [0, 0.1) is 0 Å². The fourth-order valence-electron chi connectivity index (χ4n) is 9.56. The molecular formula is C60H40N2O. The van der Waals surface area contributed by atoms with Crippen LogP contribution in [0.3, 0.4) is 0 Å². The molecule has 12 aromatic rings. The third kappa shape index (κ3) is 6.21. The van der Waals surface area contributed by atoms with E-state index in [1.54, 1.807) is 0 Å². The lowest BCUT2D eigenvalue weighted by molar-refractivity contribution is 0.669. The number of anilines is 3. The van der Waals surface area contributed by atoms with Crippen molar-refractivity contribution in [3.8, 4) is 50.2 Å². The standard InChI is InChI=1S/C60H40N2O/c1-2-17-43(18-3-1)46-19-4-5-20-47(46)48-21-6-7-22-49(48)50-23-8-12-28-55(50)62(58-31-16-27-54-53-26-11-15-32-59(53)63-60(54)58)45-39-35-42(36-40-45)41-33-37-44(38-34-41)61-56-29-13-9-24-51(56)52-25-10-14-30-57(52)61/h1-40H. The van der Waals surface area contributed by atoms with Crippen molar-refractivity contribution in [2.24, 2.45) is 0 Å². The first-order valence-corrected chi connectivity index (χ1v) is 21.5. The molecule has 0 atom stereocenters. The highest BCUT2D eigenvalue weighted by atomic mass is 16.3. The van der Waals surface area contributed by atoms with Gasteiger partial charge in [-0.1, -0.05) is 188 Å². The van der Waals surface area contributed by atoms with Gasteiger partial charge < -0.3 is 13.9 Å². The summed E-state index contributed by atoms with van der Waals surface area (Å²) in [5.74, 6) is 0. The maximum atomic E-state index is 6.76. The molecule has 3 heteroatoms. The zero-order valence-electron chi connectivity index (χ0n) is 34.4.